The lowest BCUT2D eigenvalue weighted by molar-refractivity contribution is -0.140. The highest BCUT2D eigenvalue weighted by atomic mass is 16.6. The molecular formula is C17H23NO4. The van der Waals surface area contributed by atoms with Gasteiger partial charge in [0.2, 0.25) is 0 Å². The minimum Gasteiger partial charge on any atom is -0.469 e. The van der Waals surface area contributed by atoms with Gasteiger partial charge in [0.1, 0.15) is 5.60 Å². The third kappa shape index (κ3) is 5.60. The van der Waals surface area contributed by atoms with Crippen LogP contribution in [0.25, 0.3) is 6.08 Å². The number of esters is 1. The molecule has 1 rings (SSSR count). The summed E-state index contributed by atoms with van der Waals surface area (Å²) < 4.78 is 9.90. The molecule has 5 nitrogen and oxygen atoms in total. The average molecular weight is 305 g/mol. The van der Waals surface area contributed by atoms with E-state index in [4.69, 9.17) is 4.74 Å². The van der Waals surface area contributed by atoms with Crippen LogP contribution in [-0.2, 0) is 20.7 Å². The Morgan fingerprint density at radius 2 is 2.00 bits per heavy atom. The third-order valence-corrected chi connectivity index (χ3v) is 2.87. The van der Waals surface area contributed by atoms with Gasteiger partial charge in [-0.1, -0.05) is 24.8 Å². The number of carbonyl (C=O) groups is 2. The van der Waals surface area contributed by atoms with Gasteiger partial charge in [-0.05, 0) is 44.4 Å². The van der Waals surface area contributed by atoms with Crippen LogP contribution in [0.1, 0.15) is 38.3 Å². The molecule has 0 saturated carbocycles. The largest absolute Gasteiger partial charge is 0.469 e. The van der Waals surface area contributed by atoms with Crippen LogP contribution in [-0.4, -0.2) is 24.8 Å². The van der Waals surface area contributed by atoms with Crippen molar-refractivity contribution < 1.29 is 19.1 Å². The Bertz CT molecular complexity index is 558. The topological polar surface area (TPSA) is 64.6 Å². The predicted octanol–water partition coefficient (Wildman–Crippen LogP) is 3.78. The molecule has 0 bridgehead atoms. The molecule has 5 heteroatoms. The number of hydrogen-bond donors (Lipinski definition) is 1. The molecule has 0 saturated heterocycles. The first-order valence-corrected chi connectivity index (χ1v) is 7.08. The zero-order valence-corrected chi connectivity index (χ0v) is 13.6. The van der Waals surface area contributed by atoms with E-state index in [9.17, 15) is 9.59 Å². The first-order valence-electron chi connectivity index (χ1n) is 7.08. The highest BCUT2D eigenvalue weighted by Crippen LogP contribution is 2.24. The van der Waals surface area contributed by atoms with Gasteiger partial charge in [0.25, 0.3) is 0 Å². The number of amides is 1. The molecular weight excluding hydrogens is 282 g/mol. The Kier molecular flexibility index (Phi) is 6.16. The Morgan fingerprint density at radius 3 is 2.55 bits per heavy atom. The van der Waals surface area contributed by atoms with Crippen LogP contribution in [0.4, 0.5) is 10.5 Å². The Morgan fingerprint density at radius 1 is 1.32 bits per heavy atom. The standard InChI is InChI=1S/C17H23NO4/c1-6-12-8-7-9-14(13(12)10-11-15(19)21-5)18-16(20)22-17(2,3)4/h6-9H,1,10-11H2,2-5H3,(H,18,20). The van der Waals surface area contributed by atoms with E-state index in [1.807, 2.05) is 12.1 Å². The Labute approximate surface area is 131 Å². The summed E-state index contributed by atoms with van der Waals surface area (Å²) >= 11 is 0. The van der Waals surface area contributed by atoms with Crippen LogP contribution in [0, 0.1) is 0 Å². The van der Waals surface area contributed by atoms with Gasteiger partial charge in [0.15, 0.2) is 0 Å². The fraction of sp³-hybridized carbons (Fsp3) is 0.412. The second-order valence-electron chi connectivity index (χ2n) is 5.78. The maximum Gasteiger partial charge on any atom is 0.412 e. The molecule has 1 amide bonds. The van der Waals surface area contributed by atoms with Gasteiger partial charge in [0.05, 0.1) is 7.11 Å². The van der Waals surface area contributed by atoms with Gasteiger partial charge in [-0.3, -0.25) is 10.1 Å². The number of hydrogen-bond acceptors (Lipinski definition) is 4. The number of nitrogens with one attached hydrogen (secondary N) is 1. The molecule has 0 aliphatic carbocycles. The zero-order chi connectivity index (χ0) is 16.8. The lowest BCUT2D eigenvalue weighted by Crippen LogP contribution is -2.27. The normalized spacial score (nSPS) is 10.7. The van der Waals surface area contributed by atoms with Crippen LogP contribution in [0.2, 0.25) is 0 Å². The Balaban J connectivity index is 2.95. The SMILES string of the molecule is C=Cc1cccc(NC(=O)OC(C)(C)C)c1CCC(=O)OC. The van der Waals surface area contributed by atoms with E-state index in [2.05, 4.69) is 16.6 Å². The molecule has 120 valence electrons. The molecule has 0 unspecified atom stereocenters. The molecule has 0 spiro atoms. The van der Waals surface area contributed by atoms with Crippen molar-refractivity contribution >= 4 is 23.8 Å². The van der Waals surface area contributed by atoms with E-state index < -0.39 is 11.7 Å². The summed E-state index contributed by atoms with van der Waals surface area (Å²) in [6.45, 7) is 9.15. The predicted molar refractivity (Wildman–Crippen MR) is 86.7 cm³/mol. The lowest BCUT2D eigenvalue weighted by atomic mass is 10.0. The number of benzene rings is 1. The van der Waals surface area contributed by atoms with Crippen molar-refractivity contribution in [2.45, 2.75) is 39.2 Å². The van der Waals surface area contributed by atoms with Crippen LogP contribution in [0.5, 0.6) is 0 Å². The monoisotopic (exact) mass is 305 g/mol. The first-order chi connectivity index (χ1) is 10.3. The fourth-order valence-electron chi connectivity index (χ4n) is 1.93. The summed E-state index contributed by atoms with van der Waals surface area (Å²) in [7, 11) is 1.35. The van der Waals surface area contributed by atoms with Crippen LogP contribution >= 0.6 is 0 Å². The number of anilines is 1. The van der Waals surface area contributed by atoms with E-state index in [1.165, 1.54) is 7.11 Å². The van der Waals surface area contributed by atoms with Gasteiger partial charge >= 0.3 is 12.1 Å². The highest BCUT2D eigenvalue weighted by molar-refractivity contribution is 5.87. The summed E-state index contributed by atoms with van der Waals surface area (Å²) in [6, 6.07) is 5.45. The molecule has 0 aromatic heterocycles. The molecule has 1 aromatic rings. The average Bonchev–Trinajstić information content (AvgIpc) is 2.43. The van der Waals surface area contributed by atoms with Crippen molar-refractivity contribution in [1.82, 2.24) is 0 Å². The summed E-state index contributed by atoms with van der Waals surface area (Å²) in [5.41, 5.74) is 1.72. The van der Waals surface area contributed by atoms with Gasteiger partial charge in [-0.25, -0.2) is 4.79 Å². The van der Waals surface area contributed by atoms with Crippen LogP contribution < -0.4 is 5.32 Å². The number of methoxy groups -OCH3 is 1. The van der Waals surface area contributed by atoms with Crippen molar-refractivity contribution in [2.75, 3.05) is 12.4 Å². The molecule has 0 atom stereocenters. The van der Waals surface area contributed by atoms with Gasteiger partial charge < -0.3 is 9.47 Å². The van der Waals surface area contributed by atoms with Crippen molar-refractivity contribution in [3.63, 3.8) is 0 Å². The van der Waals surface area contributed by atoms with Crippen LogP contribution in [0.3, 0.4) is 0 Å². The molecule has 0 fully saturated rings. The summed E-state index contributed by atoms with van der Waals surface area (Å²) in [5, 5.41) is 2.72. The smallest absolute Gasteiger partial charge is 0.412 e. The molecule has 0 aliphatic heterocycles. The lowest BCUT2D eigenvalue weighted by Gasteiger charge is -2.21. The van der Waals surface area contributed by atoms with Crippen molar-refractivity contribution in [3.8, 4) is 0 Å². The summed E-state index contributed by atoms with van der Waals surface area (Å²) in [4.78, 5) is 23.3. The number of rotatable bonds is 5. The number of ether oxygens (including phenoxy) is 2. The second kappa shape index (κ2) is 7.64. The molecule has 0 aliphatic rings. The summed E-state index contributed by atoms with van der Waals surface area (Å²) in [6.07, 6.45) is 1.82. The van der Waals surface area contributed by atoms with E-state index in [-0.39, 0.29) is 12.4 Å². The van der Waals surface area contributed by atoms with E-state index in [0.717, 1.165) is 11.1 Å². The molecule has 0 heterocycles. The molecule has 1 N–H and O–H groups in total. The van der Waals surface area contributed by atoms with Crippen molar-refractivity contribution in [2.24, 2.45) is 0 Å². The highest BCUT2D eigenvalue weighted by Gasteiger charge is 2.18. The first kappa shape index (κ1) is 17.8. The molecule has 1 aromatic carbocycles. The maximum atomic E-state index is 11.9. The molecule has 22 heavy (non-hydrogen) atoms. The number of carbonyl (C=O) groups excluding carboxylic acids is 2. The third-order valence-electron chi connectivity index (χ3n) is 2.87. The second-order valence-corrected chi connectivity index (χ2v) is 5.78. The maximum absolute atomic E-state index is 11.9. The quantitative estimate of drug-likeness (QED) is 0.841. The van der Waals surface area contributed by atoms with E-state index >= 15 is 0 Å². The van der Waals surface area contributed by atoms with Crippen LogP contribution in [0.15, 0.2) is 24.8 Å². The van der Waals surface area contributed by atoms with Crippen molar-refractivity contribution in [1.29, 1.82) is 0 Å². The van der Waals surface area contributed by atoms with Crippen molar-refractivity contribution in [3.05, 3.63) is 35.9 Å². The molecule has 0 radical (unpaired) electrons. The van der Waals surface area contributed by atoms with Gasteiger partial charge in [-0.15, -0.1) is 0 Å². The minimum absolute atomic E-state index is 0.227. The Hall–Kier alpha value is -2.30. The van der Waals surface area contributed by atoms with Gasteiger partial charge in [0, 0.05) is 12.1 Å². The zero-order valence-electron chi connectivity index (χ0n) is 13.6. The fourth-order valence-corrected chi connectivity index (χ4v) is 1.93. The minimum atomic E-state index is -0.577. The van der Waals surface area contributed by atoms with E-state index in [1.54, 1.807) is 32.9 Å². The van der Waals surface area contributed by atoms with E-state index in [0.29, 0.717) is 12.1 Å². The van der Waals surface area contributed by atoms with Gasteiger partial charge in [-0.2, -0.15) is 0 Å². The summed E-state index contributed by atoms with van der Waals surface area (Å²) in [5.74, 6) is -0.304.